The standard InChI is InChI=1S/C51H31N3OS/c1-4-13-32(14-5-1)35-19-12-20-36(29-35)39-27-28-40(48-47(39)43-21-10-11-22-44(43)55-48)37-23-25-41-42-26-24-38(31-46(42)56-45(41)30-37)51-53-49(33-15-6-2-7-16-33)52-50(54-51)34-17-8-3-9-18-34/h1-31H. The number of hydrogen-bond donors (Lipinski definition) is 0. The molecule has 56 heavy (non-hydrogen) atoms. The normalized spacial score (nSPS) is 11.6. The van der Waals surface area contributed by atoms with E-state index in [-0.39, 0.29) is 0 Å². The van der Waals surface area contributed by atoms with Gasteiger partial charge in [0.2, 0.25) is 0 Å². The molecule has 0 fully saturated rings. The third-order valence-corrected chi connectivity index (χ3v) is 11.7. The molecule has 0 saturated heterocycles. The second kappa shape index (κ2) is 13.3. The summed E-state index contributed by atoms with van der Waals surface area (Å²) in [4.78, 5) is 14.8. The molecule has 0 aliphatic heterocycles. The molecule has 8 aromatic carbocycles. The first-order valence-corrected chi connectivity index (χ1v) is 19.5. The summed E-state index contributed by atoms with van der Waals surface area (Å²) in [6.07, 6.45) is 0. The van der Waals surface area contributed by atoms with Gasteiger partial charge < -0.3 is 4.42 Å². The lowest BCUT2D eigenvalue weighted by Gasteiger charge is -2.10. The van der Waals surface area contributed by atoms with Crippen molar-refractivity contribution in [3.8, 4) is 67.5 Å². The molecule has 0 unspecified atom stereocenters. The van der Waals surface area contributed by atoms with Crippen LogP contribution in [0.25, 0.3) is 110 Å². The zero-order valence-corrected chi connectivity index (χ0v) is 30.9. The van der Waals surface area contributed by atoms with Gasteiger partial charge in [-0.2, -0.15) is 0 Å². The highest BCUT2D eigenvalue weighted by atomic mass is 32.1. The van der Waals surface area contributed by atoms with Crippen LogP contribution in [-0.4, -0.2) is 15.0 Å². The molecular formula is C51H31N3OS. The van der Waals surface area contributed by atoms with Gasteiger partial charge in [0.1, 0.15) is 11.2 Å². The van der Waals surface area contributed by atoms with Gasteiger partial charge in [0.05, 0.1) is 0 Å². The Morgan fingerprint density at radius 2 is 0.839 bits per heavy atom. The number of thiophene rings is 1. The quantitative estimate of drug-likeness (QED) is 0.171. The molecule has 3 aromatic heterocycles. The van der Waals surface area contributed by atoms with E-state index < -0.39 is 0 Å². The van der Waals surface area contributed by atoms with Crippen LogP contribution in [0.2, 0.25) is 0 Å². The molecule has 0 atom stereocenters. The molecule has 0 spiro atoms. The number of fused-ring (bicyclic) bond motifs is 6. The van der Waals surface area contributed by atoms with E-state index in [0.29, 0.717) is 17.5 Å². The molecule has 3 heterocycles. The monoisotopic (exact) mass is 733 g/mol. The van der Waals surface area contributed by atoms with E-state index in [4.69, 9.17) is 19.4 Å². The Hall–Kier alpha value is -7.21. The highest BCUT2D eigenvalue weighted by Crippen LogP contribution is 2.44. The minimum Gasteiger partial charge on any atom is -0.455 e. The lowest BCUT2D eigenvalue weighted by Crippen LogP contribution is -1.99. The number of para-hydroxylation sites is 1. The minimum atomic E-state index is 0.652. The first-order chi connectivity index (χ1) is 27.7. The molecule has 0 aliphatic carbocycles. The molecule has 0 saturated carbocycles. The summed E-state index contributed by atoms with van der Waals surface area (Å²) in [5, 5.41) is 4.68. The second-order valence-corrected chi connectivity index (χ2v) is 15.1. The lowest BCUT2D eigenvalue weighted by molar-refractivity contribution is 0.670. The summed E-state index contributed by atoms with van der Waals surface area (Å²) >= 11 is 1.79. The van der Waals surface area contributed by atoms with Gasteiger partial charge in [-0.15, -0.1) is 11.3 Å². The van der Waals surface area contributed by atoms with Gasteiger partial charge in [0.15, 0.2) is 17.5 Å². The average molecular weight is 734 g/mol. The SMILES string of the molecule is c1ccc(-c2cccc(-c3ccc(-c4ccc5c(c4)sc4cc(-c6nc(-c7ccccc7)nc(-c7ccccc7)n6)ccc45)c4oc5ccccc5c34)c2)cc1. The third-order valence-electron chi connectivity index (χ3n) is 10.5. The molecule has 0 N–H and O–H groups in total. The van der Waals surface area contributed by atoms with E-state index >= 15 is 0 Å². The highest BCUT2D eigenvalue weighted by Gasteiger charge is 2.19. The van der Waals surface area contributed by atoms with Crippen molar-refractivity contribution in [2.45, 2.75) is 0 Å². The number of aromatic nitrogens is 3. The van der Waals surface area contributed by atoms with Crippen LogP contribution in [0.3, 0.4) is 0 Å². The van der Waals surface area contributed by atoms with Crippen LogP contribution in [0, 0.1) is 0 Å². The van der Waals surface area contributed by atoms with Gasteiger partial charge in [0.25, 0.3) is 0 Å². The number of rotatable bonds is 6. The number of benzene rings is 8. The fraction of sp³-hybridized carbons (Fsp3) is 0. The fourth-order valence-corrected chi connectivity index (χ4v) is 9.00. The molecule has 0 amide bonds. The van der Waals surface area contributed by atoms with Crippen molar-refractivity contribution in [3.05, 3.63) is 188 Å². The van der Waals surface area contributed by atoms with Gasteiger partial charge in [-0.25, -0.2) is 15.0 Å². The average Bonchev–Trinajstić information content (AvgIpc) is 3.85. The zero-order chi connectivity index (χ0) is 37.0. The number of nitrogens with zero attached hydrogens (tertiary/aromatic N) is 3. The Morgan fingerprint density at radius 3 is 1.52 bits per heavy atom. The highest BCUT2D eigenvalue weighted by molar-refractivity contribution is 7.25. The van der Waals surface area contributed by atoms with Crippen LogP contribution >= 0.6 is 11.3 Å². The van der Waals surface area contributed by atoms with Gasteiger partial charge in [0, 0.05) is 53.2 Å². The van der Waals surface area contributed by atoms with Crippen molar-refractivity contribution in [1.29, 1.82) is 0 Å². The summed E-state index contributed by atoms with van der Waals surface area (Å²) < 4.78 is 9.11. The molecule has 0 radical (unpaired) electrons. The summed E-state index contributed by atoms with van der Waals surface area (Å²) in [6.45, 7) is 0. The molecule has 0 bridgehead atoms. The van der Waals surface area contributed by atoms with Crippen molar-refractivity contribution < 1.29 is 4.42 Å². The summed E-state index contributed by atoms with van der Waals surface area (Å²) in [5.74, 6) is 1.96. The third kappa shape index (κ3) is 5.56. The van der Waals surface area contributed by atoms with Crippen LogP contribution < -0.4 is 0 Å². The largest absolute Gasteiger partial charge is 0.455 e. The van der Waals surface area contributed by atoms with Crippen molar-refractivity contribution in [2.75, 3.05) is 0 Å². The molecular weight excluding hydrogens is 703 g/mol. The van der Waals surface area contributed by atoms with Crippen LogP contribution in [-0.2, 0) is 0 Å². The van der Waals surface area contributed by atoms with E-state index in [0.717, 1.165) is 60.9 Å². The van der Waals surface area contributed by atoms with Gasteiger partial charge in [-0.05, 0) is 58.1 Å². The first kappa shape index (κ1) is 32.2. The molecule has 11 rings (SSSR count). The van der Waals surface area contributed by atoms with E-state index in [2.05, 4.69) is 121 Å². The number of furan rings is 1. The second-order valence-electron chi connectivity index (χ2n) is 14.0. The Labute approximate surface area is 327 Å². The van der Waals surface area contributed by atoms with E-state index in [1.165, 1.54) is 31.3 Å². The van der Waals surface area contributed by atoms with E-state index in [1.54, 1.807) is 11.3 Å². The van der Waals surface area contributed by atoms with Crippen LogP contribution in [0.1, 0.15) is 0 Å². The Kier molecular flexibility index (Phi) is 7.64. The maximum absolute atomic E-state index is 6.72. The Balaban J connectivity index is 1.02. The van der Waals surface area contributed by atoms with E-state index in [1.807, 2.05) is 66.7 Å². The van der Waals surface area contributed by atoms with Crippen LogP contribution in [0.15, 0.2) is 192 Å². The van der Waals surface area contributed by atoms with Gasteiger partial charge in [-0.1, -0.05) is 158 Å². The van der Waals surface area contributed by atoms with Crippen molar-refractivity contribution >= 4 is 53.4 Å². The first-order valence-electron chi connectivity index (χ1n) is 18.7. The summed E-state index contributed by atoms with van der Waals surface area (Å²) in [7, 11) is 0. The van der Waals surface area contributed by atoms with Crippen molar-refractivity contribution in [1.82, 2.24) is 15.0 Å². The maximum Gasteiger partial charge on any atom is 0.164 e. The van der Waals surface area contributed by atoms with Crippen molar-refractivity contribution in [3.63, 3.8) is 0 Å². The van der Waals surface area contributed by atoms with Crippen molar-refractivity contribution in [2.24, 2.45) is 0 Å². The predicted octanol–water partition coefficient (Wildman–Crippen LogP) is 14.1. The maximum atomic E-state index is 6.72. The van der Waals surface area contributed by atoms with Gasteiger partial charge in [-0.3, -0.25) is 0 Å². The summed E-state index contributed by atoms with van der Waals surface area (Å²) in [5.41, 5.74) is 11.6. The molecule has 5 heteroatoms. The van der Waals surface area contributed by atoms with Crippen LogP contribution in [0.4, 0.5) is 0 Å². The minimum absolute atomic E-state index is 0.652. The molecule has 4 nitrogen and oxygen atoms in total. The topological polar surface area (TPSA) is 51.8 Å². The van der Waals surface area contributed by atoms with E-state index in [9.17, 15) is 0 Å². The van der Waals surface area contributed by atoms with Crippen LogP contribution in [0.5, 0.6) is 0 Å². The summed E-state index contributed by atoms with van der Waals surface area (Å²) in [6, 6.07) is 65.7. The number of hydrogen-bond acceptors (Lipinski definition) is 5. The fourth-order valence-electron chi connectivity index (χ4n) is 7.81. The molecule has 11 aromatic rings. The molecule has 262 valence electrons. The van der Waals surface area contributed by atoms with Gasteiger partial charge >= 0.3 is 0 Å². The zero-order valence-electron chi connectivity index (χ0n) is 30.1. The molecule has 0 aliphatic rings. The predicted molar refractivity (Wildman–Crippen MR) is 233 cm³/mol. The Bertz CT molecular complexity index is 3180. The lowest BCUT2D eigenvalue weighted by atomic mass is 9.93. The Morgan fingerprint density at radius 1 is 0.339 bits per heavy atom. The smallest absolute Gasteiger partial charge is 0.164 e.